The number of carbonyl (C=O) groups is 1. The Balaban J connectivity index is 1.44. The Kier molecular flexibility index (Phi) is 5.16. The molecule has 4 rings (SSSR count). The van der Waals surface area contributed by atoms with Crippen LogP contribution in [0, 0.1) is 5.82 Å². The van der Waals surface area contributed by atoms with Gasteiger partial charge < -0.3 is 4.90 Å². The Hall–Kier alpha value is -2.72. The SMILES string of the molecule is O=C(c1ccc(F)cc1)N1CCCN(Cc2cccc3ccccc23)CC1. The monoisotopic (exact) mass is 362 g/mol. The number of benzene rings is 3. The largest absolute Gasteiger partial charge is 0.337 e. The number of hydrogen-bond donors (Lipinski definition) is 0. The van der Waals surface area contributed by atoms with Crippen molar-refractivity contribution in [3.05, 3.63) is 83.7 Å². The van der Waals surface area contributed by atoms with Gasteiger partial charge in [0, 0.05) is 38.3 Å². The summed E-state index contributed by atoms with van der Waals surface area (Å²) in [5, 5.41) is 2.56. The lowest BCUT2D eigenvalue weighted by molar-refractivity contribution is 0.0761. The Labute approximate surface area is 159 Å². The van der Waals surface area contributed by atoms with Crippen LogP contribution >= 0.6 is 0 Å². The van der Waals surface area contributed by atoms with Gasteiger partial charge in [0.25, 0.3) is 5.91 Å². The second-order valence-corrected chi connectivity index (χ2v) is 7.07. The minimum Gasteiger partial charge on any atom is -0.337 e. The maximum Gasteiger partial charge on any atom is 0.253 e. The molecule has 1 aliphatic heterocycles. The van der Waals surface area contributed by atoms with E-state index < -0.39 is 0 Å². The third-order valence-electron chi connectivity index (χ3n) is 5.24. The van der Waals surface area contributed by atoms with Crippen LogP contribution in [0.1, 0.15) is 22.3 Å². The summed E-state index contributed by atoms with van der Waals surface area (Å²) in [5.74, 6) is -0.328. The zero-order chi connectivity index (χ0) is 18.6. The number of hydrogen-bond acceptors (Lipinski definition) is 2. The average molecular weight is 362 g/mol. The molecule has 3 nitrogen and oxygen atoms in total. The topological polar surface area (TPSA) is 23.6 Å². The molecular formula is C23H23FN2O. The van der Waals surface area contributed by atoms with Crippen molar-refractivity contribution in [3.8, 4) is 0 Å². The summed E-state index contributed by atoms with van der Waals surface area (Å²) in [6.07, 6.45) is 0.942. The molecule has 1 saturated heterocycles. The Bertz CT molecular complexity index is 933. The number of nitrogens with zero attached hydrogens (tertiary/aromatic N) is 2. The second-order valence-electron chi connectivity index (χ2n) is 7.07. The zero-order valence-electron chi connectivity index (χ0n) is 15.3. The molecule has 0 radical (unpaired) electrons. The van der Waals surface area contributed by atoms with Gasteiger partial charge in [-0.15, -0.1) is 0 Å². The van der Waals surface area contributed by atoms with E-state index in [1.54, 1.807) is 12.1 Å². The van der Waals surface area contributed by atoms with E-state index in [2.05, 4.69) is 47.4 Å². The van der Waals surface area contributed by atoms with Crippen molar-refractivity contribution in [3.63, 3.8) is 0 Å². The van der Waals surface area contributed by atoms with E-state index in [1.165, 1.54) is 28.5 Å². The molecule has 0 bridgehead atoms. The first-order valence-corrected chi connectivity index (χ1v) is 9.44. The van der Waals surface area contributed by atoms with Gasteiger partial charge in [0.05, 0.1) is 0 Å². The third-order valence-corrected chi connectivity index (χ3v) is 5.24. The lowest BCUT2D eigenvalue weighted by Gasteiger charge is -2.22. The first-order valence-electron chi connectivity index (χ1n) is 9.44. The predicted octanol–water partition coefficient (Wildman–Crippen LogP) is 4.33. The lowest BCUT2D eigenvalue weighted by Crippen LogP contribution is -2.35. The quantitative estimate of drug-likeness (QED) is 0.692. The zero-order valence-corrected chi connectivity index (χ0v) is 15.3. The predicted molar refractivity (Wildman–Crippen MR) is 106 cm³/mol. The highest BCUT2D eigenvalue weighted by Gasteiger charge is 2.20. The maximum atomic E-state index is 13.1. The molecule has 1 heterocycles. The molecule has 0 saturated carbocycles. The normalized spacial score (nSPS) is 15.7. The van der Waals surface area contributed by atoms with Crippen LogP contribution < -0.4 is 0 Å². The van der Waals surface area contributed by atoms with Crippen LogP contribution in [0.15, 0.2) is 66.7 Å². The molecule has 0 unspecified atom stereocenters. The van der Waals surface area contributed by atoms with E-state index in [0.29, 0.717) is 12.1 Å². The molecule has 138 valence electrons. The third kappa shape index (κ3) is 4.01. The van der Waals surface area contributed by atoms with E-state index >= 15 is 0 Å². The molecule has 3 aromatic rings. The lowest BCUT2D eigenvalue weighted by atomic mass is 10.0. The number of carbonyl (C=O) groups excluding carboxylic acids is 1. The highest BCUT2D eigenvalue weighted by atomic mass is 19.1. The molecule has 0 N–H and O–H groups in total. The highest BCUT2D eigenvalue weighted by Crippen LogP contribution is 2.21. The summed E-state index contributed by atoms with van der Waals surface area (Å²) in [6, 6.07) is 20.7. The summed E-state index contributed by atoms with van der Waals surface area (Å²) < 4.78 is 13.1. The molecule has 0 spiro atoms. The van der Waals surface area contributed by atoms with Crippen LogP contribution in [-0.4, -0.2) is 41.9 Å². The van der Waals surface area contributed by atoms with Crippen molar-refractivity contribution in [1.29, 1.82) is 0 Å². The fourth-order valence-corrected chi connectivity index (χ4v) is 3.78. The molecule has 0 atom stereocenters. The molecule has 1 amide bonds. The Morgan fingerprint density at radius 1 is 0.852 bits per heavy atom. The van der Waals surface area contributed by atoms with Crippen molar-refractivity contribution in [2.24, 2.45) is 0 Å². The Morgan fingerprint density at radius 3 is 2.48 bits per heavy atom. The van der Waals surface area contributed by atoms with E-state index in [4.69, 9.17) is 0 Å². The fourth-order valence-electron chi connectivity index (χ4n) is 3.78. The van der Waals surface area contributed by atoms with Crippen molar-refractivity contribution >= 4 is 16.7 Å². The summed E-state index contributed by atoms with van der Waals surface area (Å²) in [6.45, 7) is 4.13. The van der Waals surface area contributed by atoms with Crippen molar-refractivity contribution in [2.75, 3.05) is 26.2 Å². The van der Waals surface area contributed by atoms with Gasteiger partial charge in [0.15, 0.2) is 0 Å². The van der Waals surface area contributed by atoms with Crippen LogP contribution in [0.5, 0.6) is 0 Å². The van der Waals surface area contributed by atoms with Gasteiger partial charge in [0.1, 0.15) is 5.82 Å². The van der Waals surface area contributed by atoms with Gasteiger partial charge in [-0.25, -0.2) is 4.39 Å². The highest BCUT2D eigenvalue weighted by molar-refractivity contribution is 5.94. The molecule has 1 aliphatic rings. The molecule has 4 heteroatoms. The summed E-state index contributed by atoms with van der Waals surface area (Å²) in [4.78, 5) is 17.0. The van der Waals surface area contributed by atoms with Crippen LogP contribution in [0.25, 0.3) is 10.8 Å². The molecule has 0 aliphatic carbocycles. The molecule has 0 aromatic heterocycles. The van der Waals surface area contributed by atoms with Gasteiger partial charge in [0.2, 0.25) is 0 Å². The summed E-state index contributed by atoms with van der Waals surface area (Å²) in [5.41, 5.74) is 1.88. The number of rotatable bonds is 3. The Morgan fingerprint density at radius 2 is 1.63 bits per heavy atom. The average Bonchev–Trinajstić information content (AvgIpc) is 2.94. The van der Waals surface area contributed by atoms with E-state index in [9.17, 15) is 9.18 Å². The minimum atomic E-state index is -0.316. The van der Waals surface area contributed by atoms with Crippen LogP contribution in [0.2, 0.25) is 0 Å². The first-order chi connectivity index (χ1) is 13.2. The smallest absolute Gasteiger partial charge is 0.253 e. The minimum absolute atomic E-state index is 0.0120. The second kappa shape index (κ2) is 7.89. The first kappa shape index (κ1) is 17.7. The molecule has 27 heavy (non-hydrogen) atoms. The van der Waals surface area contributed by atoms with Crippen LogP contribution in [0.4, 0.5) is 4.39 Å². The van der Waals surface area contributed by atoms with Crippen molar-refractivity contribution in [2.45, 2.75) is 13.0 Å². The summed E-state index contributed by atoms with van der Waals surface area (Å²) in [7, 11) is 0. The maximum absolute atomic E-state index is 13.1. The van der Waals surface area contributed by atoms with E-state index in [-0.39, 0.29) is 11.7 Å². The fraction of sp³-hybridized carbons (Fsp3) is 0.261. The van der Waals surface area contributed by atoms with E-state index in [1.807, 2.05) is 4.90 Å². The van der Waals surface area contributed by atoms with Gasteiger partial charge in [-0.2, -0.15) is 0 Å². The molecule has 1 fully saturated rings. The van der Waals surface area contributed by atoms with Crippen molar-refractivity contribution < 1.29 is 9.18 Å². The van der Waals surface area contributed by atoms with Crippen LogP contribution in [0.3, 0.4) is 0 Å². The molecule has 3 aromatic carbocycles. The van der Waals surface area contributed by atoms with Gasteiger partial charge in [-0.05, 0) is 47.0 Å². The number of halogens is 1. The van der Waals surface area contributed by atoms with E-state index in [0.717, 1.165) is 32.6 Å². The summed E-state index contributed by atoms with van der Waals surface area (Å²) >= 11 is 0. The van der Waals surface area contributed by atoms with Crippen molar-refractivity contribution in [1.82, 2.24) is 9.80 Å². The molecular weight excluding hydrogens is 339 g/mol. The van der Waals surface area contributed by atoms with Gasteiger partial charge >= 0.3 is 0 Å². The number of fused-ring (bicyclic) bond motifs is 1. The van der Waals surface area contributed by atoms with Gasteiger partial charge in [-0.3, -0.25) is 9.69 Å². The van der Waals surface area contributed by atoms with Crippen LogP contribution in [-0.2, 0) is 6.54 Å². The standard InChI is InChI=1S/C23H23FN2O/c24-21-11-9-19(10-12-21)23(27)26-14-4-13-25(15-16-26)17-20-7-3-6-18-5-1-2-8-22(18)20/h1-3,5-12H,4,13-17H2. The number of amides is 1. The van der Waals surface area contributed by atoms with Gasteiger partial charge in [-0.1, -0.05) is 42.5 Å².